The van der Waals surface area contributed by atoms with E-state index in [1.54, 1.807) is 6.20 Å². The summed E-state index contributed by atoms with van der Waals surface area (Å²) in [6.07, 6.45) is 4.17. The van der Waals surface area contributed by atoms with E-state index in [2.05, 4.69) is 20.5 Å². The van der Waals surface area contributed by atoms with E-state index in [1.165, 1.54) is 12.8 Å². The predicted octanol–water partition coefficient (Wildman–Crippen LogP) is 1.52. The SMILES string of the molecule is CCn1nccc1-c1nc(NN)cc(C2CC2)n1. The summed E-state index contributed by atoms with van der Waals surface area (Å²) in [7, 11) is 0. The smallest absolute Gasteiger partial charge is 0.180 e. The highest BCUT2D eigenvalue weighted by Gasteiger charge is 2.26. The highest BCUT2D eigenvalue weighted by atomic mass is 15.3. The van der Waals surface area contributed by atoms with Gasteiger partial charge < -0.3 is 5.43 Å². The maximum Gasteiger partial charge on any atom is 0.180 e. The minimum atomic E-state index is 0.567. The Hall–Kier alpha value is -1.95. The average Bonchev–Trinajstić information content (AvgIpc) is 3.15. The summed E-state index contributed by atoms with van der Waals surface area (Å²) in [5, 5.41) is 4.24. The maximum absolute atomic E-state index is 5.47. The molecule has 0 saturated heterocycles. The molecule has 2 heterocycles. The Morgan fingerprint density at radius 2 is 2.28 bits per heavy atom. The van der Waals surface area contributed by atoms with Gasteiger partial charge in [-0.05, 0) is 25.8 Å². The average molecular weight is 244 g/mol. The number of anilines is 1. The van der Waals surface area contributed by atoms with Gasteiger partial charge in [-0.15, -0.1) is 0 Å². The van der Waals surface area contributed by atoms with Crippen molar-refractivity contribution in [3.05, 3.63) is 24.0 Å². The molecule has 0 aliphatic heterocycles. The van der Waals surface area contributed by atoms with Crippen LogP contribution in [0.2, 0.25) is 0 Å². The Bertz CT molecular complexity index is 557. The molecule has 0 atom stereocenters. The third-order valence-electron chi connectivity index (χ3n) is 3.13. The lowest BCUT2D eigenvalue weighted by Gasteiger charge is -2.08. The van der Waals surface area contributed by atoms with Gasteiger partial charge in [-0.25, -0.2) is 15.8 Å². The van der Waals surface area contributed by atoms with Crippen molar-refractivity contribution in [3.8, 4) is 11.5 Å². The second-order valence-corrected chi connectivity index (χ2v) is 4.45. The first-order valence-electron chi connectivity index (χ1n) is 6.19. The molecule has 94 valence electrons. The highest BCUT2D eigenvalue weighted by Crippen LogP contribution is 2.40. The van der Waals surface area contributed by atoms with E-state index in [-0.39, 0.29) is 0 Å². The van der Waals surface area contributed by atoms with Crippen LogP contribution in [0.3, 0.4) is 0 Å². The zero-order valence-corrected chi connectivity index (χ0v) is 10.3. The number of hydrazine groups is 1. The predicted molar refractivity (Wildman–Crippen MR) is 68.7 cm³/mol. The van der Waals surface area contributed by atoms with Crippen LogP contribution in [-0.4, -0.2) is 19.7 Å². The van der Waals surface area contributed by atoms with E-state index >= 15 is 0 Å². The number of nitrogen functional groups attached to an aromatic ring is 1. The minimum absolute atomic E-state index is 0.567. The van der Waals surface area contributed by atoms with E-state index < -0.39 is 0 Å². The molecule has 6 nitrogen and oxygen atoms in total. The van der Waals surface area contributed by atoms with Crippen LogP contribution in [0.4, 0.5) is 5.82 Å². The van der Waals surface area contributed by atoms with Crippen molar-refractivity contribution in [2.45, 2.75) is 32.2 Å². The van der Waals surface area contributed by atoms with Crippen LogP contribution >= 0.6 is 0 Å². The molecule has 6 heteroatoms. The maximum atomic E-state index is 5.47. The number of hydrogen-bond acceptors (Lipinski definition) is 5. The molecule has 1 aliphatic rings. The highest BCUT2D eigenvalue weighted by molar-refractivity contribution is 5.53. The Morgan fingerprint density at radius 1 is 1.44 bits per heavy atom. The van der Waals surface area contributed by atoms with Crippen molar-refractivity contribution in [2.24, 2.45) is 5.84 Å². The van der Waals surface area contributed by atoms with Crippen LogP contribution in [-0.2, 0) is 6.54 Å². The molecule has 2 aromatic rings. The summed E-state index contributed by atoms with van der Waals surface area (Å²) in [5.41, 5.74) is 4.60. The monoisotopic (exact) mass is 244 g/mol. The number of aryl methyl sites for hydroxylation is 1. The van der Waals surface area contributed by atoms with Crippen molar-refractivity contribution in [1.29, 1.82) is 0 Å². The largest absolute Gasteiger partial charge is 0.308 e. The number of nitrogens with two attached hydrogens (primary N) is 1. The fraction of sp³-hybridized carbons (Fsp3) is 0.417. The van der Waals surface area contributed by atoms with Gasteiger partial charge in [0.1, 0.15) is 11.5 Å². The van der Waals surface area contributed by atoms with E-state index in [4.69, 9.17) is 5.84 Å². The van der Waals surface area contributed by atoms with Gasteiger partial charge in [0.25, 0.3) is 0 Å². The second kappa shape index (κ2) is 4.38. The zero-order chi connectivity index (χ0) is 12.5. The molecule has 1 aliphatic carbocycles. The molecule has 3 rings (SSSR count). The molecule has 18 heavy (non-hydrogen) atoms. The molecule has 0 spiro atoms. The van der Waals surface area contributed by atoms with Crippen LogP contribution in [0, 0.1) is 0 Å². The Balaban J connectivity index is 2.07. The fourth-order valence-electron chi connectivity index (χ4n) is 2.02. The lowest BCUT2D eigenvalue weighted by atomic mass is 10.2. The Kier molecular flexibility index (Phi) is 2.71. The summed E-state index contributed by atoms with van der Waals surface area (Å²) in [4.78, 5) is 9.03. The number of hydrogen-bond donors (Lipinski definition) is 2. The lowest BCUT2D eigenvalue weighted by molar-refractivity contribution is 0.663. The first-order chi connectivity index (χ1) is 8.81. The summed E-state index contributed by atoms with van der Waals surface area (Å²) in [6.45, 7) is 2.84. The molecule has 1 fully saturated rings. The van der Waals surface area contributed by atoms with Gasteiger partial charge in [-0.3, -0.25) is 4.68 Å². The van der Waals surface area contributed by atoms with Crippen molar-refractivity contribution >= 4 is 5.82 Å². The normalized spacial score (nSPS) is 14.8. The van der Waals surface area contributed by atoms with Gasteiger partial charge in [0, 0.05) is 30.4 Å². The number of rotatable bonds is 4. The zero-order valence-electron chi connectivity index (χ0n) is 10.3. The van der Waals surface area contributed by atoms with Crippen LogP contribution < -0.4 is 11.3 Å². The molecule has 0 unspecified atom stereocenters. The second-order valence-electron chi connectivity index (χ2n) is 4.45. The van der Waals surface area contributed by atoms with Crippen LogP contribution in [0.1, 0.15) is 31.4 Å². The summed E-state index contributed by atoms with van der Waals surface area (Å²) >= 11 is 0. The minimum Gasteiger partial charge on any atom is -0.308 e. The number of nitrogens with one attached hydrogen (secondary N) is 1. The fourth-order valence-corrected chi connectivity index (χ4v) is 2.02. The van der Waals surface area contributed by atoms with E-state index in [1.807, 2.05) is 23.7 Å². The van der Waals surface area contributed by atoms with Crippen LogP contribution in [0.5, 0.6) is 0 Å². The molecule has 0 bridgehead atoms. The molecule has 1 saturated carbocycles. The Labute approximate surface area is 105 Å². The lowest BCUT2D eigenvalue weighted by Crippen LogP contribution is -2.11. The van der Waals surface area contributed by atoms with E-state index in [0.717, 1.165) is 17.9 Å². The third kappa shape index (κ3) is 1.95. The van der Waals surface area contributed by atoms with Gasteiger partial charge in [0.15, 0.2) is 5.82 Å². The topological polar surface area (TPSA) is 81.7 Å². The van der Waals surface area contributed by atoms with Gasteiger partial charge >= 0.3 is 0 Å². The van der Waals surface area contributed by atoms with Gasteiger partial charge in [-0.1, -0.05) is 0 Å². The third-order valence-corrected chi connectivity index (χ3v) is 3.13. The number of aromatic nitrogens is 4. The first kappa shape index (κ1) is 11.2. The molecular formula is C12H16N6. The molecule has 0 aromatic carbocycles. The Morgan fingerprint density at radius 3 is 2.94 bits per heavy atom. The summed E-state index contributed by atoms with van der Waals surface area (Å²) in [6, 6.07) is 3.85. The quantitative estimate of drug-likeness (QED) is 0.629. The summed E-state index contributed by atoms with van der Waals surface area (Å²) < 4.78 is 1.88. The first-order valence-corrected chi connectivity index (χ1v) is 6.19. The van der Waals surface area contributed by atoms with E-state index in [9.17, 15) is 0 Å². The van der Waals surface area contributed by atoms with Crippen molar-refractivity contribution in [1.82, 2.24) is 19.7 Å². The van der Waals surface area contributed by atoms with Crippen LogP contribution in [0.25, 0.3) is 11.5 Å². The molecule has 3 N–H and O–H groups in total. The molecular weight excluding hydrogens is 228 g/mol. The van der Waals surface area contributed by atoms with E-state index in [0.29, 0.717) is 17.6 Å². The molecule has 0 radical (unpaired) electrons. The number of nitrogens with zero attached hydrogens (tertiary/aromatic N) is 4. The summed E-state index contributed by atoms with van der Waals surface area (Å²) in [5.74, 6) is 7.38. The van der Waals surface area contributed by atoms with Crippen LogP contribution in [0.15, 0.2) is 18.3 Å². The van der Waals surface area contributed by atoms with Gasteiger partial charge in [-0.2, -0.15) is 5.10 Å². The van der Waals surface area contributed by atoms with Crippen molar-refractivity contribution < 1.29 is 0 Å². The van der Waals surface area contributed by atoms with Gasteiger partial charge in [0.2, 0.25) is 0 Å². The van der Waals surface area contributed by atoms with Gasteiger partial charge in [0.05, 0.1) is 0 Å². The molecule has 2 aromatic heterocycles. The molecule has 0 amide bonds. The van der Waals surface area contributed by atoms with Crippen molar-refractivity contribution in [2.75, 3.05) is 5.43 Å². The standard InChI is InChI=1S/C12H16N6/c1-2-18-10(5-6-14-18)12-15-9(8-3-4-8)7-11(16-12)17-13/h5-8H,2-4,13H2,1H3,(H,15,16,17). The van der Waals surface area contributed by atoms with Crippen molar-refractivity contribution in [3.63, 3.8) is 0 Å².